The Balaban J connectivity index is 1.14. The second-order valence-corrected chi connectivity index (χ2v) is 11.3. The molecule has 0 spiro atoms. The summed E-state index contributed by atoms with van der Waals surface area (Å²) in [5, 5.41) is 2.39. The highest BCUT2D eigenvalue weighted by molar-refractivity contribution is 8.20. The summed E-state index contributed by atoms with van der Waals surface area (Å²) in [5.74, 6) is 1.87. The lowest BCUT2D eigenvalue weighted by Crippen LogP contribution is -2.18. The largest absolute Gasteiger partial charge is 0.481 e. The number of rotatable bonds is 5. The van der Waals surface area contributed by atoms with Crippen molar-refractivity contribution in [3.05, 3.63) is 81.8 Å². The van der Waals surface area contributed by atoms with E-state index in [1.807, 2.05) is 26.0 Å². The third-order valence-corrected chi connectivity index (χ3v) is 9.27. The highest BCUT2D eigenvalue weighted by Gasteiger charge is 2.30. The molecule has 2 aliphatic heterocycles. The molecule has 0 fully saturated rings. The van der Waals surface area contributed by atoms with E-state index in [1.54, 1.807) is 0 Å². The van der Waals surface area contributed by atoms with Gasteiger partial charge in [-0.05, 0) is 108 Å². The third kappa shape index (κ3) is 3.96. The van der Waals surface area contributed by atoms with Crippen LogP contribution < -0.4 is 14.2 Å². The van der Waals surface area contributed by atoms with Gasteiger partial charge in [-0.3, -0.25) is 0 Å². The molecular weight excluding hydrogens is 460 g/mol. The molecule has 3 aromatic rings. The van der Waals surface area contributed by atoms with Crippen LogP contribution in [0.1, 0.15) is 47.3 Å². The van der Waals surface area contributed by atoms with Crippen molar-refractivity contribution in [3.63, 3.8) is 0 Å². The second-order valence-electron chi connectivity index (χ2n) is 9.32. The zero-order valence-electron chi connectivity index (χ0n) is 20.1. The van der Waals surface area contributed by atoms with Gasteiger partial charge in [0.25, 0.3) is 0 Å². The molecule has 2 heterocycles. The number of carbonyl (C=O) groups is 1. The Kier molecular flexibility index (Phi) is 5.49. The van der Waals surface area contributed by atoms with Crippen molar-refractivity contribution in [2.75, 3.05) is 13.4 Å². The molecule has 0 saturated heterocycles. The lowest BCUT2D eigenvalue weighted by molar-refractivity contribution is -0.151. The molecule has 2 atom stereocenters. The maximum absolute atomic E-state index is 12.7. The highest BCUT2D eigenvalue weighted by atomic mass is 32.2. The summed E-state index contributed by atoms with van der Waals surface area (Å²) in [5.41, 5.74) is 6.89. The Labute approximate surface area is 208 Å². The minimum Gasteiger partial charge on any atom is -0.481 e. The number of allylic oxidation sites excluding steroid dienone is 1. The number of aryl methyl sites for hydroxylation is 3. The van der Waals surface area contributed by atoms with Crippen molar-refractivity contribution < 1.29 is 23.7 Å². The summed E-state index contributed by atoms with van der Waals surface area (Å²) in [7, 11) is -0.527. The first-order chi connectivity index (χ1) is 17.0. The summed E-state index contributed by atoms with van der Waals surface area (Å²) in [4.78, 5) is 15.4. The number of hydrogen-bond acceptors (Lipinski definition) is 5. The first kappa shape index (κ1) is 22.1. The summed E-state index contributed by atoms with van der Waals surface area (Å²) in [6, 6.07) is 17.0. The lowest BCUT2D eigenvalue weighted by Gasteiger charge is -2.20. The second kappa shape index (κ2) is 8.68. The smallest absolute Gasteiger partial charge is 0.344 e. The van der Waals surface area contributed by atoms with Crippen molar-refractivity contribution in [3.8, 4) is 17.2 Å². The van der Waals surface area contributed by atoms with Crippen LogP contribution in [0.2, 0.25) is 0 Å². The third-order valence-electron chi connectivity index (χ3n) is 6.90. The molecule has 180 valence electrons. The van der Waals surface area contributed by atoms with Crippen LogP contribution in [0.4, 0.5) is 0 Å². The average molecular weight is 489 g/mol. The molecule has 6 heteroatoms. The Morgan fingerprint density at radius 1 is 1.03 bits per heavy atom. The standard InChI is InChI=1S/C29H28O5S/c1-17-10-21(35-15-19(3)22-6-4-5-7-27(22)35)11-18(2)29(17)31-14-28(30)34-24-9-8-20-12-25-26(13-23(20)24)33-16-32-25/h4-7,10-13,15,24,35H,8-9,14,16H2,1-3H3. The summed E-state index contributed by atoms with van der Waals surface area (Å²) >= 11 is 0. The topological polar surface area (TPSA) is 54.0 Å². The molecule has 0 saturated carbocycles. The van der Waals surface area contributed by atoms with Crippen molar-refractivity contribution in [1.82, 2.24) is 0 Å². The molecule has 0 aromatic heterocycles. The highest BCUT2D eigenvalue weighted by Crippen LogP contribution is 2.55. The molecule has 1 aliphatic carbocycles. The number of hydrogen-bond donors (Lipinski definition) is 1. The molecule has 3 aromatic carbocycles. The molecule has 2 unspecified atom stereocenters. The number of fused-ring (bicyclic) bond motifs is 3. The molecule has 0 bridgehead atoms. The number of thiol groups is 1. The fourth-order valence-electron chi connectivity index (χ4n) is 5.26. The van der Waals surface area contributed by atoms with Gasteiger partial charge in [-0.15, -0.1) is 0 Å². The van der Waals surface area contributed by atoms with E-state index in [4.69, 9.17) is 18.9 Å². The van der Waals surface area contributed by atoms with Gasteiger partial charge < -0.3 is 18.9 Å². The van der Waals surface area contributed by atoms with E-state index in [9.17, 15) is 4.79 Å². The zero-order valence-corrected chi connectivity index (χ0v) is 21.0. The first-order valence-corrected chi connectivity index (χ1v) is 13.3. The normalized spacial score (nSPS) is 20.3. The van der Waals surface area contributed by atoms with Gasteiger partial charge in [0.15, 0.2) is 18.1 Å². The number of ether oxygens (including phenoxy) is 4. The van der Waals surface area contributed by atoms with Crippen LogP contribution in [0.5, 0.6) is 17.2 Å². The lowest BCUT2D eigenvalue weighted by atomic mass is 10.1. The molecule has 3 aliphatic rings. The van der Waals surface area contributed by atoms with Crippen molar-refractivity contribution in [2.45, 2.75) is 49.5 Å². The van der Waals surface area contributed by atoms with E-state index in [-0.39, 0.29) is 25.5 Å². The fraction of sp³-hybridized carbons (Fsp3) is 0.276. The van der Waals surface area contributed by atoms with Gasteiger partial charge in [-0.1, -0.05) is 18.2 Å². The Bertz CT molecular complexity index is 1350. The van der Waals surface area contributed by atoms with Gasteiger partial charge in [-0.25, -0.2) is 4.79 Å². The molecule has 0 N–H and O–H groups in total. The van der Waals surface area contributed by atoms with Gasteiger partial charge in [-0.2, -0.15) is 10.9 Å². The number of benzene rings is 3. The number of carbonyl (C=O) groups excluding carboxylic acids is 1. The van der Waals surface area contributed by atoms with Gasteiger partial charge in [0.1, 0.15) is 11.9 Å². The predicted molar refractivity (Wildman–Crippen MR) is 137 cm³/mol. The predicted octanol–water partition coefficient (Wildman–Crippen LogP) is 6.44. The summed E-state index contributed by atoms with van der Waals surface area (Å²) < 4.78 is 22.7. The van der Waals surface area contributed by atoms with Crippen molar-refractivity contribution in [2.24, 2.45) is 0 Å². The maximum atomic E-state index is 12.7. The van der Waals surface area contributed by atoms with Crippen LogP contribution in [0.25, 0.3) is 5.57 Å². The monoisotopic (exact) mass is 488 g/mol. The van der Waals surface area contributed by atoms with E-state index in [2.05, 4.69) is 48.7 Å². The zero-order chi connectivity index (χ0) is 24.1. The summed E-state index contributed by atoms with van der Waals surface area (Å²) in [6.07, 6.45) is 1.33. The Morgan fingerprint density at radius 3 is 2.57 bits per heavy atom. The van der Waals surface area contributed by atoms with Crippen LogP contribution >= 0.6 is 10.9 Å². The van der Waals surface area contributed by atoms with E-state index < -0.39 is 10.9 Å². The summed E-state index contributed by atoms with van der Waals surface area (Å²) in [6.45, 7) is 6.38. The fourth-order valence-corrected chi connectivity index (χ4v) is 7.78. The number of esters is 1. The van der Waals surface area contributed by atoms with Gasteiger partial charge >= 0.3 is 5.97 Å². The van der Waals surface area contributed by atoms with Crippen LogP contribution in [0.15, 0.2) is 63.7 Å². The van der Waals surface area contributed by atoms with Gasteiger partial charge in [0.05, 0.1) is 0 Å². The van der Waals surface area contributed by atoms with E-state index >= 15 is 0 Å². The Morgan fingerprint density at radius 2 is 1.77 bits per heavy atom. The molecule has 0 amide bonds. The van der Waals surface area contributed by atoms with E-state index in [0.29, 0.717) is 5.75 Å². The molecular formula is C29H28O5S. The molecule has 35 heavy (non-hydrogen) atoms. The molecule has 5 nitrogen and oxygen atoms in total. The van der Waals surface area contributed by atoms with E-state index in [1.165, 1.54) is 20.9 Å². The van der Waals surface area contributed by atoms with Crippen LogP contribution in [-0.2, 0) is 16.0 Å². The Hall–Kier alpha value is -3.38. The maximum Gasteiger partial charge on any atom is 0.344 e. The first-order valence-electron chi connectivity index (χ1n) is 11.9. The SMILES string of the molecule is CC1=C[SH](c2cc(C)c(OCC(=O)OC3CCc4cc5c(cc43)OCO5)c(C)c2)c2ccccc21. The minimum absolute atomic E-state index is 0.117. The molecule has 6 rings (SSSR count). The quantitative estimate of drug-likeness (QED) is 0.331. The van der Waals surface area contributed by atoms with Crippen LogP contribution in [0.3, 0.4) is 0 Å². The van der Waals surface area contributed by atoms with Crippen LogP contribution in [0, 0.1) is 13.8 Å². The van der Waals surface area contributed by atoms with Crippen molar-refractivity contribution >= 4 is 22.4 Å². The van der Waals surface area contributed by atoms with Crippen LogP contribution in [-0.4, -0.2) is 19.4 Å². The average Bonchev–Trinajstić information content (AvgIpc) is 3.55. The van der Waals surface area contributed by atoms with Gasteiger partial charge in [0, 0.05) is 4.90 Å². The van der Waals surface area contributed by atoms with Crippen molar-refractivity contribution in [1.29, 1.82) is 0 Å². The van der Waals surface area contributed by atoms with E-state index in [0.717, 1.165) is 46.6 Å². The minimum atomic E-state index is -0.527. The van der Waals surface area contributed by atoms with Gasteiger partial charge in [0.2, 0.25) is 6.79 Å². The molecule has 0 radical (unpaired) electrons.